The molecule has 2 aliphatic rings. The quantitative estimate of drug-likeness (QED) is 0.751. The first kappa shape index (κ1) is 17.0. The molecule has 1 aliphatic carbocycles. The van der Waals surface area contributed by atoms with E-state index in [1.807, 2.05) is 6.20 Å². The van der Waals surface area contributed by atoms with Gasteiger partial charge in [-0.05, 0) is 49.4 Å². The molecular formula is C20H25BrN4. The minimum absolute atomic E-state index is 0.572. The number of nitrogens with zero attached hydrogens (tertiary/aromatic N) is 4. The van der Waals surface area contributed by atoms with Crippen molar-refractivity contribution in [3.05, 3.63) is 52.4 Å². The fraction of sp³-hybridized carbons (Fsp3) is 0.500. The molecule has 1 saturated carbocycles. The minimum atomic E-state index is 0.572. The average molecular weight is 401 g/mol. The van der Waals surface area contributed by atoms with Gasteiger partial charge in [0.05, 0.1) is 0 Å². The Bertz CT molecular complexity index is 706. The molecule has 0 amide bonds. The van der Waals surface area contributed by atoms with E-state index in [9.17, 15) is 0 Å². The van der Waals surface area contributed by atoms with Gasteiger partial charge in [-0.1, -0.05) is 28.1 Å². The maximum Gasteiger partial charge on any atom is 0.133 e. The lowest BCUT2D eigenvalue weighted by molar-refractivity contribution is 0.203. The Morgan fingerprint density at radius 2 is 1.80 bits per heavy atom. The van der Waals surface area contributed by atoms with E-state index in [1.165, 1.54) is 31.2 Å². The topological polar surface area (TPSA) is 32.3 Å². The van der Waals surface area contributed by atoms with Crippen molar-refractivity contribution >= 4 is 21.7 Å². The first-order valence-corrected chi connectivity index (χ1v) is 10.0. The zero-order chi connectivity index (χ0) is 17.2. The molecule has 1 saturated heterocycles. The van der Waals surface area contributed by atoms with Gasteiger partial charge in [-0.25, -0.2) is 9.97 Å². The Morgan fingerprint density at radius 1 is 1.08 bits per heavy atom. The van der Waals surface area contributed by atoms with Crippen LogP contribution in [-0.2, 0) is 6.54 Å². The normalized spacial score (nSPS) is 19.1. The fourth-order valence-corrected chi connectivity index (χ4v) is 3.86. The smallest absolute Gasteiger partial charge is 0.133 e. The number of benzene rings is 1. The molecule has 4 nitrogen and oxygen atoms in total. The zero-order valence-electron chi connectivity index (χ0n) is 14.7. The molecule has 25 heavy (non-hydrogen) atoms. The number of likely N-dealkylation sites (tertiary alicyclic amines) is 1. The number of hydrogen-bond acceptors (Lipinski definition) is 4. The molecular weight excluding hydrogens is 376 g/mol. The highest BCUT2D eigenvalue weighted by molar-refractivity contribution is 9.10. The standard InChI is InChI=1S/C20H25BrN4/c1-24(19-8-11-22-20(23-19)16-4-5-16)18-9-12-25(13-10-18)14-15-2-6-17(21)7-3-15/h2-3,6-8,11,16,18H,4-5,9-10,12-14H2,1H3. The summed E-state index contributed by atoms with van der Waals surface area (Å²) in [5.74, 6) is 2.74. The van der Waals surface area contributed by atoms with Gasteiger partial charge in [-0.15, -0.1) is 0 Å². The largest absolute Gasteiger partial charge is 0.356 e. The van der Waals surface area contributed by atoms with Gasteiger partial charge in [0, 0.05) is 49.3 Å². The summed E-state index contributed by atoms with van der Waals surface area (Å²) in [4.78, 5) is 14.2. The highest BCUT2D eigenvalue weighted by atomic mass is 79.9. The van der Waals surface area contributed by atoms with E-state index in [-0.39, 0.29) is 0 Å². The third kappa shape index (κ3) is 4.21. The van der Waals surface area contributed by atoms with Crippen LogP contribution in [0.5, 0.6) is 0 Å². The van der Waals surface area contributed by atoms with Crippen molar-refractivity contribution in [3.63, 3.8) is 0 Å². The van der Waals surface area contributed by atoms with Crippen LogP contribution < -0.4 is 4.90 Å². The molecule has 2 fully saturated rings. The SMILES string of the molecule is CN(c1ccnc(C2CC2)n1)C1CCN(Cc2ccc(Br)cc2)CC1. The lowest BCUT2D eigenvalue weighted by Crippen LogP contribution is -2.43. The minimum Gasteiger partial charge on any atom is -0.356 e. The molecule has 132 valence electrons. The molecule has 0 N–H and O–H groups in total. The predicted molar refractivity (Wildman–Crippen MR) is 105 cm³/mol. The van der Waals surface area contributed by atoms with E-state index < -0.39 is 0 Å². The van der Waals surface area contributed by atoms with Crippen molar-refractivity contribution in [1.82, 2.24) is 14.9 Å². The number of rotatable bonds is 5. The maximum atomic E-state index is 4.80. The van der Waals surface area contributed by atoms with Crippen molar-refractivity contribution in [2.45, 2.75) is 44.2 Å². The van der Waals surface area contributed by atoms with Gasteiger partial charge in [0.2, 0.25) is 0 Å². The summed E-state index contributed by atoms with van der Waals surface area (Å²) in [7, 11) is 2.19. The monoisotopic (exact) mass is 400 g/mol. The van der Waals surface area contributed by atoms with Crippen LogP contribution in [0.4, 0.5) is 5.82 Å². The van der Waals surface area contributed by atoms with E-state index in [4.69, 9.17) is 4.98 Å². The van der Waals surface area contributed by atoms with Crippen molar-refractivity contribution in [3.8, 4) is 0 Å². The van der Waals surface area contributed by atoms with Crippen LogP contribution in [0.1, 0.15) is 43.0 Å². The zero-order valence-corrected chi connectivity index (χ0v) is 16.3. The Hall–Kier alpha value is -1.46. The summed E-state index contributed by atoms with van der Waals surface area (Å²) < 4.78 is 1.15. The number of hydrogen-bond donors (Lipinski definition) is 0. The average Bonchev–Trinajstić information content (AvgIpc) is 3.49. The van der Waals surface area contributed by atoms with Gasteiger partial charge in [0.1, 0.15) is 11.6 Å². The Labute approximate surface area is 158 Å². The molecule has 2 aromatic rings. The Balaban J connectivity index is 1.33. The molecule has 0 radical (unpaired) electrons. The van der Waals surface area contributed by atoms with Crippen molar-refractivity contribution < 1.29 is 0 Å². The molecule has 1 aromatic carbocycles. The van der Waals surface area contributed by atoms with Crippen LogP contribution >= 0.6 is 15.9 Å². The van der Waals surface area contributed by atoms with Crippen LogP contribution in [0.25, 0.3) is 0 Å². The van der Waals surface area contributed by atoms with E-state index in [2.05, 4.69) is 68.1 Å². The third-order valence-electron chi connectivity index (χ3n) is 5.39. The summed E-state index contributed by atoms with van der Waals surface area (Å²) >= 11 is 3.50. The molecule has 4 rings (SSSR count). The molecule has 0 spiro atoms. The first-order valence-electron chi connectivity index (χ1n) is 9.21. The highest BCUT2D eigenvalue weighted by Gasteiger charge is 2.28. The van der Waals surface area contributed by atoms with Gasteiger partial charge in [-0.2, -0.15) is 0 Å². The molecule has 0 bridgehead atoms. The molecule has 1 aromatic heterocycles. The number of halogens is 1. The van der Waals surface area contributed by atoms with Crippen molar-refractivity contribution in [2.24, 2.45) is 0 Å². The summed E-state index contributed by atoms with van der Waals surface area (Å²) in [5.41, 5.74) is 1.39. The van der Waals surface area contributed by atoms with Crippen molar-refractivity contribution in [1.29, 1.82) is 0 Å². The first-order chi connectivity index (χ1) is 12.2. The van der Waals surface area contributed by atoms with Crippen LogP contribution in [0.3, 0.4) is 0 Å². The summed E-state index contributed by atoms with van der Waals surface area (Å²) in [5, 5.41) is 0. The van der Waals surface area contributed by atoms with E-state index in [1.54, 1.807) is 0 Å². The second-order valence-corrected chi connectivity index (χ2v) is 8.21. The van der Waals surface area contributed by atoms with Gasteiger partial charge >= 0.3 is 0 Å². The van der Waals surface area contributed by atoms with Gasteiger partial charge in [-0.3, -0.25) is 4.90 Å². The van der Waals surface area contributed by atoms with E-state index >= 15 is 0 Å². The maximum absolute atomic E-state index is 4.80. The van der Waals surface area contributed by atoms with Crippen LogP contribution in [-0.4, -0.2) is 41.0 Å². The second kappa shape index (κ2) is 7.42. The lowest BCUT2D eigenvalue weighted by atomic mass is 10.0. The molecule has 0 atom stereocenters. The van der Waals surface area contributed by atoms with Crippen molar-refractivity contribution in [2.75, 3.05) is 25.0 Å². The third-order valence-corrected chi connectivity index (χ3v) is 5.92. The summed E-state index contributed by atoms with van der Waals surface area (Å²) in [6.45, 7) is 3.33. The summed E-state index contributed by atoms with van der Waals surface area (Å²) in [6, 6.07) is 11.3. The van der Waals surface area contributed by atoms with Gasteiger partial charge in [0.15, 0.2) is 0 Å². The molecule has 2 heterocycles. The number of anilines is 1. The van der Waals surface area contributed by atoms with E-state index in [0.717, 1.165) is 35.7 Å². The second-order valence-electron chi connectivity index (χ2n) is 7.29. The van der Waals surface area contributed by atoms with Crippen LogP contribution in [0.2, 0.25) is 0 Å². The lowest BCUT2D eigenvalue weighted by Gasteiger charge is -2.37. The number of aromatic nitrogens is 2. The fourth-order valence-electron chi connectivity index (χ4n) is 3.60. The Morgan fingerprint density at radius 3 is 2.48 bits per heavy atom. The van der Waals surface area contributed by atoms with Crippen LogP contribution in [0.15, 0.2) is 41.0 Å². The predicted octanol–water partition coefficient (Wildman–Crippen LogP) is 4.22. The molecule has 5 heteroatoms. The van der Waals surface area contributed by atoms with Gasteiger partial charge < -0.3 is 4.90 Å². The van der Waals surface area contributed by atoms with Gasteiger partial charge in [0.25, 0.3) is 0 Å². The number of piperidine rings is 1. The highest BCUT2D eigenvalue weighted by Crippen LogP contribution is 2.38. The molecule has 0 unspecified atom stereocenters. The Kier molecular flexibility index (Phi) is 5.04. The van der Waals surface area contributed by atoms with Crippen LogP contribution in [0, 0.1) is 0 Å². The van der Waals surface area contributed by atoms with E-state index in [0.29, 0.717) is 12.0 Å². The molecule has 1 aliphatic heterocycles. The summed E-state index contributed by atoms with van der Waals surface area (Å²) in [6.07, 6.45) is 6.81.